The minimum Gasteiger partial charge on any atom is -0.475 e. The summed E-state index contributed by atoms with van der Waals surface area (Å²) in [5.41, 5.74) is 0.534. The molecular formula is C22H31FN6O2. The number of nitrogens with one attached hydrogen (secondary N) is 1. The average Bonchev–Trinajstić information content (AvgIpc) is 3.10. The van der Waals surface area contributed by atoms with E-state index in [1.807, 2.05) is 6.92 Å². The summed E-state index contributed by atoms with van der Waals surface area (Å²) in [6, 6.07) is 0. The number of aryl methyl sites for hydroxylation is 1. The van der Waals surface area contributed by atoms with E-state index in [9.17, 15) is 4.39 Å². The zero-order valence-corrected chi connectivity index (χ0v) is 18.9. The van der Waals surface area contributed by atoms with Crippen LogP contribution >= 0.6 is 0 Å². The zero-order chi connectivity index (χ0) is 22.6. The van der Waals surface area contributed by atoms with Crippen molar-refractivity contribution in [2.75, 3.05) is 11.9 Å². The van der Waals surface area contributed by atoms with E-state index in [0.29, 0.717) is 30.0 Å². The van der Waals surface area contributed by atoms with E-state index >= 15 is 0 Å². The Bertz CT molecular complexity index is 929. The molecule has 0 spiro atoms. The van der Waals surface area contributed by atoms with Gasteiger partial charge in [0, 0.05) is 13.8 Å². The van der Waals surface area contributed by atoms with Gasteiger partial charge in [-0.15, -0.1) is 0 Å². The average molecular weight is 431 g/mol. The van der Waals surface area contributed by atoms with E-state index in [1.54, 1.807) is 24.7 Å². The monoisotopic (exact) mass is 430 g/mol. The SMILES string of the molecule is [C-]#[N+]C(C)(C)n1cc(Nc2ncc(F)c(OCC3CCC(OC(C)C)CC3)n2)c(C)n1. The lowest BCUT2D eigenvalue weighted by atomic mass is 9.88. The molecule has 0 unspecified atom stereocenters. The minimum atomic E-state index is -0.804. The van der Waals surface area contributed by atoms with Crippen LogP contribution in [0.4, 0.5) is 16.0 Å². The summed E-state index contributed by atoms with van der Waals surface area (Å²) in [5.74, 6) is -0.0867. The Balaban J connectivity index is 1.61. The Morgan fingerprint density at radius 1 is 1.32 bits per heavy atom. The van der Waals surface area contributed by atoms with Crippen molar-refractivity contribution in [3.63, 3.8) is 0 Å². The Labute approximate surface area is 183 Å². The number of hydrogen-bond acceptors (Lipinski definition) is 6. The molecule has 0 atom stereocenters. The third-order valence-corrected chi connectivity index (χ3v) is 5.41. The van der Waals surface area contributed by atoms with Crippen molar-refractivity contribution in [2.24, 2.45) is 5.92 Å². The summed E-state index contributed by atoms with van der Waals surface area (Å²) in [6.45, 7) is 17.2. The van der Waals surface area contributed by atoms with Gasteiger partial charge >= 0.3 is 5.66 Å². The van der Waals surface area contributed by atoms with Crippen molar-refractivity contribution in [1.82, 2.24) is 19.7 Å². The van der Waals surface area contributed by atoms with Crippen LogP contribution in [0, 0.1) is 25.2 Å². The van der Waals surface area contributed by atoms with E-state index < -0.39 is 11.5 Å². The molecule has 3 rings (SSSR count). The van der Waals surface area contributed by atoms with Crippen LogP contribution in [0.5, 0.6) is 5.88 Å². The molecule has 0 aliphatic heterocycles. The number of hydrogen-bond donors (Lipinski definition) is 1. The zero-order valence-electron chi connectivity index (χ0n) is 18.9. The van der Waals surface area contributed by atoms with Crippen LogP contribution < -0.4 is 10.1 Å². The van der Waals surface area contributed by atoms with Crippen LogP contribution in [0.1, 0.15) is 59.1 Å². The minimum absolute atomic E-state index is 0.0652. The largest absolute Gasteiger partial charge is 0.475 e. The molecule has 9 heteroatoms. The summed E-state index contributed by atoms with van der Waals surface area (Å²) < 4.78 is 27.4. The molecule has 0 amide bonds. The first kappa shape index (κ1) is 22.9. The van der Waals surface area contributed by atoms with Gasteiger partial charge in [0.05, 0.1) is 42.6 Å². The lowest BCUT2D eigenvalue weighted by Crippen LogP contribution is -2.27. The summed E-state index contributed by atoms with van der Waals surface area (Å²) in [6.07, 6.45) is 7.33. The molecule has 1 saturated carbocycles. The van der Waals surface area contributed by atoms with Gasteiger partial charge in [0.1, 0.15) is 0 Å². The van der Waals surface area contributed by atoms with Gasteiger partial charge in [-0.1, -0.05) is 0 Å². The van der Waals surface area contributed by atoms with Crippen LogP contribution in [0.25, 0.3) is 4.85 Å². The second-order valence-electron chi connectivity index (χ2n) is 8.79. The first-order valence-corrected chi connectivity index (χ1v) is 10.7. The normalized spacial score (nSPS) is 19.3. The summed E-state index contributed by atoms with van der Waals surface area (Å²) in [5, 5.41) is 7.43. The number of aromatic nitrogens is 4. The van der Waals surface area contributed by atoms with Crippen LogP contribution in [0.2, 0.25) is 0 Å². The smallest absolute Gasteiger partial charge is 0.319 e. The van der Waals surface area contributed by atoms with Crippen molar-refractivity contribution in [2.45, 2.75) is 78.2 Å². The molecule has 0 aromatic carbocycles. The molecular weight excluding hydrogens is 399 g/mol. The molecule has 2 heterocycles. The first-order chi connectivity index (χ1) is 14.7. The Kier molecular flexibility index (Phi) is 7.11. The number of halogens is 1. The van der Waals surface area contributed by atoms with Crippen molar-refractivity contribution < 1.29 is 13.9 Å². The second-order valence-corrected chi connectivity index (χ2v) is 8.79. The molecule has 0 bridgehead atoms. The molecule has 1 N–H and O–H groups in total. The lowest BCUT2D eigenvalue weighted by Gasteiger charge is -2.29. The molecule has 0 saturated heterocycles. The topological polar surface area (TPSA) is 78.5 Å². The fourth-order valence-corrected chi connectivity index (χ4v) is 3.56. The highest BCUT2D eigenvalue weighted by Gasteiger charge is 2.27. The van der Waals surface area contributed by atoms with Gasteiger partial charge in [-0.3, -0.25) is 4.85 Å². The molecule has 8 nitrogen and oxygen atoms in total. The maximum Gasteiger partial charge on any atom is 0.319 e. The van der Waals surface area contributed by atoms with Crippen LogP contribution in [0.15, 0.2) is 12.4 Å². The summed E-state index contributed by atoms with van der Waals surface area (Å²) in [7, 11) is 0. The van der Waals surface area contributed by atoms with E-state index in [1.165, 1.54) is 0 Å². The molecule has 1 aliphatic carbocycles. The number of ether oxygens (including phenoxy) is 2. The van der Waals surface area contributed by atoms with Gasteiger partial charge in [0.2, 0.25) is 11.8 Å². The van der Waals surface area contributed by atoms with Gasteiger partial charge in [0.15, 0.2) is 0 Å². The molecule has 31 heavy (non-hydrogen) atoms. The third-order valence-electron chi connectivity index (χ3n) is 5.41. The van der Waals surface area contributed by atoms with Gasteiger partial charge < -0.3 is 14.8 Å². The molecule has 2 aromatic rings. The van der Waals surface area contributed by atoms with Gasteiger partial charge in [0.25, 0.3) is 5.88 Å². The molecule has 0 radical (unpaired) electrons. The summed E-state index contributed by atoms with van der Waals surface area (Å²) in [4.78, 5) is 11.8. The lowest BCUT2D eigenvalue weighted by molar-refractivity contribution is -0.0231. The Morgan fingerprint density at radius 2 is 2.03 bits per heavy atom. The van der Waals surface area contributed by atoms with Crippen molar-refractivity contribution >= 4 is 11.6 Å². The standard InChI is InChI=1S/C22H31FN6O2/c1-14(2)31-17-9-7-16(8-10-17)13-30-20-18(23)11-25-21(27-20)26-19-12-29(28-15(19)3)22(4,5)24-6/h11-12,14,16-17H,7-10,13H2,1-5H3,(H,25,26,27). The maximum atomic E-state index is 14.2. The first-order valence-electron chi connectivity index (χ1n) is 10.7. The molecule has 2 aromatic heterocycles. The van der Waals surface area contributed by atoms with Crippen molar-refractivity contribution in [1.29, 1.82) is 0 Å². The highest BCUT2D eigenvalue weighted by molar-refractivity contribution is 5.55. The fourth-order valence-electron chi connectivity index (χ4n) is 3.56. The molecule has 1 aliphatic rings. The van der Waals surface area contributed by atoms with Gasteiger partial charge in [-0.05, 0) is 52.4 Å². The molecule has 168 valence electrons. The second kappa shape index (κ2) is 9.60. The van der Waals surface area contributed by atoms with E-state index in [-0.39, 0.29) is 17.9 Å². The van der Waals surface area contributed by atoms with Crippen LogP contribution in [0.3, 0.4) is 0 Å². The predicted octanol–water partition coefficient (Wildman–Crippen LogP) is 4.84. The van der Waals surface area contributed by atoms with Gasteiger partial charge in [-0.2, -0.15) is 19.2 Å². The maximum absolute atomic E-state index is 14.2. The van der Waals surface area contributed by atoms with E-state index in [4.69, 9.17) is 16.0 Å². The highest BCUT2D eigenvalue weighted by Crippen LogP contribution is 2.28. The molecule has 1 fully saturated rings. The van der Waals surface area contributed by atoms with Crippen molar-refractivity contribution in [3.8, 4) is 5.88 Å². The van der Waals surface area contributed by atoms with Crippen molar-refractivity contribution in [3.05, 3.63) is 35.3 Å². The number of rotatable bonds is 8. The van der Waals surface area contributed by atoms with Crippen LogP contribution in [-0.2, 0) is 10.4 Å². The predicted molar refractivity (Wildman–Crippen MR) is 116 cm³/mol. The number of anilines is 2. The fraction of sp³-hybridized carbons (Fsp3) is 0.636. The van der Waals surface area contributed by atoms with Gasteiger partial charge in [-0.25, -0.2) is 11.6 Å². The highest BCUT2D eigenvalue weighted by atomic mass is 19.1. The third kappa shape index (κ3) is 5.91. The Morgan fingerprint density at radius 3 is 2.68 bits per heavy atom. The Hall–Kier alpha value is -2.73. The summed E-state index contributed by atoms with van der Waals surface area (Å²) >= 11 is 0. The van der Waals surface area contributed by atoms with Crippen LogP contribution in [-0.4, -0.2) is 38.6 Å². The number of nitrogens with zero attached hydrogens (tertiary/aromatic N) is 5. The quantitative estimate of drug-likeness (QED) is 0.604. The van der Waals surface area contributed by atoms with E-state index in [2.05, 4.69) is 39.1 Å². The van der Waals surface area contributed by atoms with E-state index in [0.717, 1.165) is 31.9 Å².